The van der Waals surface area contributed by atoms with Gasteiger partial charge in [0.05, 0.1) is 50.3 Å². The second-order valence-electron chi connectivity index (χ2n) is 16.8. The number of rotatable bonds is 15. The standard InChI is InChI=1S/C47H60Cl3NO12/c1-6-33-38(62-45-41(54-23-30-17-11-8-12-18-30)37(52)40-35(60-45)25-56-43(63-40)32-21-15-10-16-22-32)27(3)28(4)42(58-33)61-39-29(5)36(51-46(53)57-26-47(48,49)50)44(59-34(39)7-2)55-24-31-19-13-9-14-20-31/h8-22,27-29,33-45,52H,6-7,23-26H2,1-5H3,(H,51,53)/t27-,28?,29-,33?,34?,35?,36?,37+,38+,39+,40-,41?,42+,43?,44-,45+/m1/s1. The number of fused-ring (bicyclic) bond motifs is 1. The summed E-state index contributed by atoms with van der Waals surface area (Å²) >= 11 is 17.6. The first-order chi connectivity index (χ1) is 30.3. The first kappa shape index (κ1) is 48.3. The number of nitrogens with one attached hydrogen (secondary N) is 1. The van der Waals surface area contributed by atoms with E-state index in [9.17, 15) is 9.90 Å². The van der Waals surface area contributed by atoms with Gasteiger partial charge in [-0.15, -0.1) is 0 Å². The maximum atomic E-state index is 13.1. The molecule has 0 aromatic heterocycles. The molecule has 0 bridgehead atoms. The van der Waals surface area contributed by atoms with E-state index in [-0.39, 0.29) is 37.6 Å². The molecule has 0 radical (unpaired) electrons. The first-order valence-electron chi connectivity index (χ1n) is 21.9. The van der Waals surface area contributed by atoms with Gasteiger partial charge in [-0.2, -0.15) is 0 Å². The molecule has 13 nitrogen and oxygen atoms in total. The molecule has 4 saturated heterocycles. The molecule has 4 aliphatic heterocycles. The average molecular weight is 937 g/mol. The predicted octanol–water partition coefficient (Wildman–Crippen LogP) is 8.40. The molecule has 7 unspecified atom stereocenters. The SMILES string of the molecule is CCC1O[C@@H](O[C@@H]2C(CC)O[C@@H](OCc3ccccc3)C(NC(=O)OCC(Cl)(Cl)Cl)[C@H]2C)C(C)[C@@H](C)[C@@H]1O[C@@H]1OC2COC(c3ccccc3)O[C@H]2[C@H](O)C1OCc1ccccc1. The lowest BCUT2D eigenvalue weighted by molar-refractivity contribution is -0.387. The highest BCUT2D eigenvalue weighted by Gasteiger charge is 2.54. The normalized spacial score (nSPS) is 36.0. The van der Waals surface area contributed by atoms with Crippen molar-refractivity contribution in [1.29, 1.82) is 0 Å². The van der Waals surface area contributed by atoms with Crippen molar-refractivity contribution in [2.75, 3.05) is 13.2 Å². The van der Waals surface area contributed by atoms with Crippen LogP contribution in [0, 0.1) is 17.8 Å². The molecule has 0 aliphatic carbocycles. The molecule has 0 saturated carbocycles. The van der Waals surface area contributed by atoms with Crippen molar-refractivity contribution in [3.8, 4) is 0 Å². The Morgan fingerprint density at radius 1 is 0.698 bits per heavy atom. The van der Waals surface area contributed by atoms with Gasteiger partial charge in [0, 0.05) is 17.4 Å². The summed E-state index contributed by atoms with van der Waals surface area (Å²) in [6, 6.07) is 28.3. The van der Waals surface area contributed by atoms with Gasteiger partial charge in [-0.05, 0) is 29.9 Å². The smallest absolute Gasteiger partial charge is 0.407 e. The van der Waals surface area contributed by atoms with E-state index in [4.69, 9.17) is 82.2 Å². The van der Waals surface area contributed by atoms with Crippen LogP contribution >= 0.6 is 34.8 Å². The topological polar surface area (TPSA) is 142 Å². The number of alkyl halides is 3. The van der Waals surface area contributed by atoms with Gasteiger partial charge >= 0.3 is 6.09 Å². The van der Waals surface area contributed by atoms with Gasteiger partial charge in [-0.25, -0.2) is 4.79 Å². The molecule has 63 heavy (non-hydrogen) atoms. The molecule has 3 aromatic rings. The summed E-state index contributed by atoms with van der Waals surface area (Å²) in [6.45, 7) is 10.4. The van der Waals surface area contributed by atoms with E-state index in [0.717, 1.165) is 16.7 Å². The fraction of sp³-hybridized carbons (Fsp3) is 0.596. The van der Waals surface area contributed by atoms with Crippen LogP contribution in [0.1, 0.15) is 70.4 Å². The van der Waals surface area contributed by atoms with Crippen LogP contribution in [0.2, 0.25) is 0 Å². The van der Waals surface area contributed by atoms with E-state index in [0.29, 0.717) is 12.8 Å². The highest BCUT2D eigenvalue weighted by atomic mass is 35.6. The molecule has 16 heteroatoms. The Morgan fingerprint density at radius 3 is 1.86 bits per heavy atom. The van der Waals surface area contributed by atoms with Gasteiger partial charge in [0.15, 0.2) is 25.2 Å². The summed E-state index contributed by atoms with van der Waals surface area (Å²) in [4.78, 5) is 13.1. The molecule has 7 rings (SSSR count). The number of halogens is 3. The van der Waals surface area contributed by atoms with Crippen LogP contribution < -0.4 is 5.32 Å². The Labute approximate surface area is 385 Å². The number of hydrogen-bond donors (Lipinski definition) is 2. The monoisotopic (exact) mass is 935 g/mol. The Balaban J connectivity index is 1.06. The highest BCUT2D eigenvalue weighted by Crippen LogP contribution is 2.42. The minimum atomic E-state index is -1.79. The van der Waals surface area contributed by atoms with Crippen molar-refractivity contribution < 1.29 is 57.3 Å². The van der Waals surface area contributed by atoms with Crippen molar-refractivity contribution in [3.05, 3.63) is 108 Å². The third-order valence-electron chi connectivity index (χ3n) is 12.5. The summed E-state index contributed by atoms with van der Waals surface area (Å²) in [5.41, 5.74) is 2.72. The minimum absolute atomic E-state index is 0.115. The number of carbonyl (C=O) groups excluding carboxylic acids is 1. The molecule has 346 valence electrons. The van der Waals surface area contributed by atoms with Crippen LogP contribution in [0.3, 0.4) is 0 Å². The molecule has 4 heterocycles. The average Bonchev–Trinajstić information content (AvgIpc) is 3.29. The Bertz CT molecular complexity index is 1850. The van der Waals surface area contributed by atoms with E-state index >= 15 is 0 Å². The number of ether oxygens (including phenoxy) is 10. The summed E-state index contributed by atoms with van der Waals surface area (Å²) in [7, 11) is 0. The first-order valence-corrected chi connectivity index (χ1v) is 23.0. The second kappa shape index (κ2) is 22.3. The van der Waals surface area contributed by atoms with Gasteiger partial charge in [-0.3, -0.25) is 0 Å². The van der Waals surface area contributed by atoms with E-state index in [2.05, 4.69) is 19.2 Å². The lowest BCUT2D eigenvalue weighted by Crippen LogP contribution is -2.65. The second-order valence-corrected chi connectivity index (χ2v) is 19.3. The molecule has 4 aliphatic rings. The zero-order valence-corrected chi connectivity index (χ0v) is 38.5. The summed E-state index contributed by atoms with van der Waals surface area (Å²) in [5, 5.41) is 14.9. The molecular formula is C47H60Cl3NO12. The van der Waals surface area contributed by atoms with Gasteiger partial charge in [0.1, 0.15) is 31.0 Å². The van der Waals surface area contributed by atoms with Crippen LogP contribution in [-0.2, 0) is 60.6 Å². The minimum Gasteiger partial charge on any atom is -0.445 e. The van der Waals surface area contributed by atoms with Crippen molar-refractivity contribution in [1.82, 2.24) is 5.32 Å². The van der Waals surface area contributed by atoms with Crippen LogP contribution in [-0.4, -0.2) is 102 Å². The molecule has 2 N–H and O–H groups in total. The lowest BCUT2D eigenvalue weighted by Gasteiger charge is -2.51. The van der Waals surface area contributed by atoms with Crippen LogP contribution in [0.15, 0.2) is 91.0 Å². The van der Waals surface area contributed by atoms with Gasteiger partial charge in [-0.1, -0.05) is 160 Å². The van der Waals surface area contributed by atoms with Gasteiger partial charge < -0.3 is 57.8 Å². The van der Waals surface area contributed by atoms with Crippen molar-refractivity contribution >= 4 is 40.9 Å². The zero-order valence-electron chi connectivity index (χ0n) is 36.2. The number of amides is 1. The highest BCUT2D eigenvalue weighted by molar-refractivity contribution is 6.67. The van der Waals surface area contributed by atoms with Crippen LogP contribution in [0.5, 0.6) is 0 Å². The molecular weight excluding hydrogens is 877 g/mol. The lowest BCUT2D eigenvalue weighted by atomic mass is 9.83. The van der Waals surface area contributed by atoms with E-state index < -0.39 is 96.5 Å². The summed E-state index contributed by atoms with van der Waals surface area (Å²) in [5.74, 6) is -0.650. The number of hydrogen-bond acceptors (Lipinski definition) is 12. The van der Waals surface area contributed by atoms with Gasteiger partial charge in [0.2, 0.25) is 3.79 Å². The van der Waals surface area contributed by atoms with Gasteiger partial charge in [0.25, 0.3) is 0 Å². The zero-order chi connectivity index (χ0) is 44.7. The van der Waals surface area contributed by atoms with E-state index in [1.165, 1.54) is 0 Å². The van der Waals surface area contributed by atoms with Crippen LogP contribution in [0.25, 0.3) is 0 Å². The maximum Gasteiger partial charge on any atom is 0.407 e. The summed E-state index contributed by atoms with van der Waals surface area (Å²) in [6.07, 6.45) is -7.95. The third-order valence-corrected chi connectivity index (χ3v) is 12.8. The predicted molar refractivity (Wildman–Crippen MR) is 235 cm³/mol. The van der Waals surface area contributed by atoms with E-state index in [1.807, 2.05) is 112 Å². The Morgan fingerprint density at radius 2 is 1.25 bits per heavy atom. The Kier molecular flexibility index (Phi) is 17.1. The number of carbonyl (C=O) groups is 1. The van der Waals surface area contributed by atoms with Crippen LogP contribution in [0.4, 0.5) is 4.79 Å². The van der Waals surface area contributed by atoms with Crippen molar-refractivity contribution in [3.63, 3.8) is 0 Å². The maximum absolute atomic E-state index is 13.1. The third kappa shape index (κ3) is 12.2. The fourth-order valence-corrected chi connectivity index (χ4v) is 8.91. The van der Waals surface area contributed by atoms with Crippen molar-refractivity contribution in [2.45, 2.75) is 145 Å². The molecule has 3 aromatic carbocycles. The van der Waals surface area contributed by atoms with E-state index in [1.54, 1.807) is 0 Å². The number of aliphatic hydroxyl groups excluding tert-OH is 1. The fourth-order valence-electron chi connectivity index (χ4n) is 8.75. The van der Waals surface area contributed by atoms with Crippen molar-refractivity contribution in [2.24, 2.45) is 17.8 Å². The molecule has 4 fully saturated rings. The Hall–Kier alpha value is -2.60. The molecule has 16 atom stereocenters. The largest absolute Gasteiger partial charge is 0.445 e. The number of benzene rings is 3. The summed E-state index contributed by atoms with van der Waals surface area (Å²) < 4.78 is 62.6. The molecule has 0 spiro atoms. The quantitative estimate of drug-likeness (QED) is 0.141. The molecule has 1 amide bonds. The number of alkyl carbamates (subject to hydrolysis) is 1. The number of aliphatic hydroxyl groups is 1.